The highest BCUT2D eigenvalue weighted by Gasteiger charge is 2.29. The fourth-order valence-corrected chi connectivity index (χ4v) is 3.05. The van der Waals surface area contributed by atoms with Crippen LogP contribution in [0.2, 0.25) is 0 Å². The highest BCUT2D eigenvalue weighted by atomic mass is 16.2. The van der Waals surface area contributed by atoms with Crippen LogP contribution in [0.3, 0.4) is 0 Å². The molecule has 0 aliphatic carbocycles. The second kappa shape index (κ2) is 6.58. The van der Waals surface area contributed by atoms with E-state index in [1.54, 1.807) is 4.90 Å². The van der Waals surface area contributed by atoms with E-state index in [2.05, 4.69) is 16.0 Å². The normalized spacial score (nSPS) is 18.1. The number of benzene rings is 1. The lowest BCUT2D eigenvalue weighted by molar-refractivity contribution is -0.121. The van der Waals surface area contributed by atoms with Crippen LogP contribution in [0, 0.1) is 11.8 Å². The fraction of sp³-hybridized carbons (Fsp3) is 0.529. The number of carbonyl (C=O) groups excluding carboxylic acids is 2. The van der Waals surface area contributed by atoms with Crippen molar-refractivity contribution >= 4 is 23.3 Å². The number of anilines is 2. The minimum atomic E-state index is -0.0800. The summed E-state index contributed by atoms with van der Waals surface area (Å²) in [6, 6.07) is 5.74. The van der Waals surface area contributed by atoms with Crippen LogP contribution in [0.25, 0.3) is 0 Å². The summed E-state index contributed by atoms with van der Waals surface area (Å²) in [5, 5.41) is 9.01. The largest absolute Gasteiger partial charge is 0.338 e. The van der Waals surface area contributed by atoms with Gasteiger partial charge in [-0.15, -0.1) is 0 Å². The summed E-state index contributed by atoms with van der Waals surface area (Å²) in [6.07, 6.45) is 0.852. The van der Waals surface area contributed by atoms with Crippen molar-refractivity contribution in [2.75, 3.05) is 36.4 Å². The summed E-state index contributed by atoms with van der Waals surface area (Å²) in [7, 11) is 0. The topological polar surface area (TPSA) is 73.5 Å². The summed E-state index contributed by atoms with van der Waals surface area (Å²) in [5.74, 6) is 0.444. The number of nitrogens with one attached hydrogen (secondary N) is 3. The molecule has 1 atom stereocenters. The summed E-state index contributed by atoms with van der Waals surface area (Å²) in [4.78, 5) is 26.2. The Hall–Kier alpha value is -2.08. The summed E-state index contributed by atoms with van der Waals surface area (Å²) >= 11 is 0. The molecule has 2 aliphatic rings. The number of fused-ring (bicyclic) bond motifs is 1. The Balaban J connectivity index is 1.71. The van der Waals surface area contributed by atoms with E-state index >= 15 is 0 Å². The van der Waals surface area contributed by atoms with Crippen molar-refractivity contribution in [1.29, 1.82) is 0 Å². The van der Waals surface area contributed by atoms with Crippen molar-refractivity contribution in [2.24, 2.45) is 11.8 Å². The van der Waals surface area contributed by atoms with Crippen LogP contribution in [-0.2, 0) is 11.2 Å². The molecule has 1 fully saturated rings. The van der Waals surface area contributed by atoms with E-state index in [1.165, 1.54) is 0 Å². The van der Waals surface area contributed by atoms with Gasteiger partial charge in [0.1, 0.15) is 0 Å². The number of amides is 3. The van der Waals surface area contributed by atoms with Gasteiger partial charge in [0.05, 0.1) is 5.69 Å². The van der Waals surface area contributed by atoms with Gasteiger partial charge in [-0.05, 0) is 50.0 Å². The van der Waals surface area contributed by atoms with E-state index in [9.17, 15) is 9.59 Å². The maximum Gasteiger partial charge on any atom is 0.321 e. The van der Waals surface area contributed by atoms with Gasteiger partial charge in [0.15, 0.2) is 0 Å². The van der Waals surface area contributed by atoms with E-state index < -0.39 is 0 Å². The average molecular weight is 316 g/mol. The Morgan fingerprint density at radius 2 is 2.17 bits per heavy atom. The summed E-state index contributed by atoms with van der Waals surface area (Å²) in [5.41, 5.74) is 2.79. The van der Waals surface area contributed by atoms with Gasteiger partial charge in [-0.1, -0.05) is 13.0 Å². The highest BCUT2D eigenvalue weighted by Crippen LogP contribution is 2.31. The minimum absolute atomic E-state index is 0.0102. The Labute approximate surface area is 136 Å². The maximum atomic E-state index is 12.3. The van der Waals surface area contributed by atoms with E-state index in [0.717, 1.165) is 36.4 Å². The van der Waals surface area contributed by atoms with Crippen molar-refractivity contribution in [2.45, 2.75) is 20.3 Å². The molecule has 6 nitrogen and oxygen atoms in total. The molecule has 3 N–H and O–H groups in total. The SMILES string of the molecule is CCNC(=O)N1CCc2ccc(NC(=O)C(C)C3CNC3)cc21. The van der Waals surface area contributed by atoms with Crippen molar-refractivity contribution in [1.82, 2.24) is 10.6 Å². The molecule has 0 aromatic heterocycles. The van der Waals surface area contributed by atoms with Gasteiger partial charge in [0, 0.05) is 24.7 Å². The fourth-order valence-electron chi connectivity index (χ4n) is 3.05. The molecule has 2 aliphatic heterocycles. The van der Waals surface area contributed by atoms with Crippen LogP contribution in [0.1, 0.15) is 19.4 Å². The molecule has 1 aromatic rings. The predicted molar refractivity (Wildman–Crippen MR) is 90.7 cm³/mol. The quantitative estimate of drug-likeness (QED) is 0.789. The molecule has 23 heavy (non-hydrogen) atoms. The van der Waals surface area contributed by atoms with Gasteiger partial charge in [0.2, 0.25) is 5.91 Å². The first-order valence-electron chi connectivity index (χ1n) is 8.30. The Morgan fingerprint density at radius 1 is 1.39 bits per heavy atom. The zero-order valence-corrected chi connectivity index (χ0v) is 13.7. The first-order valence-corrected chi connectivity index (χ1v) is 8.30. The molecule has 1 unspecified atom stereocenters. The van der Waals surface area contributed by atoms with E-state index in [-0.39, 0.29) is 17.9 Å². The lowest BCUT2D eigenvalue weighted by atomic mass is 9.88. The Kier molecular flexibility index (Phi) is 4.52. The molecule has 1 aromatic carbocycles. The minimum Gasteiger partial charge on any atom is -0.338 e. The third-order valence-corrected chi connectivity index (χ3v) is 4.76. The zero-order valence-electron chi connectivity index (χ0n) is 13.7. The van der Waals surface area contributed by atoms with Crippen molar-refractivity contribution < 1.29 is 9.59 Å². The van der Waals surface area contributed by atoms with Crippen LogP contribution in [0.4, 0.5) is 16.2 Å². The van der Waals surface area contributed by atoms with Gasteiger partial charge >= 0.3 is 6.03 Å². The van der Waals surface area contributed by atoms with Crippen molar-refractivity contribution in [3.05, 3.63) is 23.8 Å². The van der Waals surface area contributed by atoms with E-state index in [0.29, 0.717) is 19.0 Å². The summed E-state index contributed by atoms with van der Waals surface area (Å²) in [6.45, 7) is 6.97. The molecule has 3 amide bonds. The van der Waals surface area contributed by atoms with Crippen LogP contribution in [0.15, 0.2) is 18.2 Å². The van der Waals surface area contributed by atoms with Crippen LogP contribution >= 0.6 is 0 Å². The highest BCUT2D eigenvalue weighted by molar-refractivity contribution is 5.97. The molecule has 0 saturated carbocycles. The standard InChI is InChI=1S/C17H24N4O2/c1-3-19-17(23)21-7-6-12-4-5-14(8-15(12)21)20-16(22)11(2)13-9-18-10-13/h4-5,8,11,13,18H,3,6-7,9-10H2,1-2H3,(H,19,23)(H,20,22). The van der Waals surface area contributed by atoms with Gasteiger partial charge < -0.3 is 16.0 Å². The molecule has 124 valence electrons. The molecule has 2 heterocycles. The van der Waals surface area contributed by atoms with E-state index in [4.69, 9.17) is 0 Å². The molecule has 0 bridgehead atoms. The molecular weight excluding hydrogens is 292 g/mol. The summed E-state index contributed by atoms with van der Waals surface area (Å²) < 4.78 is 0. The van der Waals surface area contributed by atoms with Gasteiger partial charge in [0.25, 0.3) is 0 Å². The zero-order chi connectivity index (χ0) is 16.4. The number of carbonyl (C=O) groups is 2. The molecule has 0 radical (unpaired) electrons. The molecule has 6 heteroatoms. The molecule has 0 spiro atoms. The number of hydrogen-bond donors (Lipinski definition) is 3. The number of urea groups is 1. The molecule has 3 rings (SSSR count). The van der Waals surface area contributed by atoms with Gasteiger partial charge in [-0.2, -0.15) is 0 Å². The van der Waals surface area contributed by atoms with Crippen LogP contribution < -0.4 is 20.9 Å². The third-order valence-electron chi connectivity index (χ3n) is 4.76. The van der Waals surface area contributed by atoms with Crippen LogP contribution in [0.5, 0.6) is 0 Å². The second-order valence-electron chi connectivity index (χ2n) is 6.28. The van der Waals surface area contributed by atoms with Gasteiger partial charge in [-0.3, -0.25) is 9.69 Å². The molecule has 1 saturated heterocycles. The third kappa shape index (κ3) is 3.17. The number of nitrogens with zero attached hydrogens (tertiary/aromatic N) is 1. The maximum absolute atomic E-state index is 12.3. The predicted octanol–water partition coefficient (Wildman–Crippen LogP) is 1.57. The second-order valence-corrected chi connectivity index (χ2v) is 6.28. The van der Waals surface area contributed by atoms with Crippen molar-refractivity contribution in [3.8, 4) is 0 Å². The van der Waals surface area contributed by atoms with Crippen LogP contribution in [-0.4, -0.2) is 38.1 Å². The van der Waals surface area contributed by atoms with E-state index in [1.807, 2.05) is 32.0 Å². The van der Waals surface area contributed by atoms with Gasteiger partial charge in [-0.25, -0.2) is 4.79 Å². The number of rotatable bonds is 4. The average Bonchev–Trinajstić information content (AvgIpc) is 2.88. The smallest absolute Gasteiger partial charge is 0.321 e. The lowest BCUT2D eigenvalue weighted by Gasteiger charge is -2.31. The van der Waals surface area contributed by atoms with Crippen molar-refractivity contribution in [3.63, 3.8) is 0 Å². The first-order chi connectivity index (χ1) is 11.1. The molecular formula is C17H24N4O2. The Morgan fingerprint density at radius 3 is 2.83 bits per heavy atom. The monoisotopic (exact) mass is 316 g/mol. The Bertz CT molecular complexity index is 613. The lowest BCUT2D eigenvalue weighted by Crippen LogP contribution is -2.48. The first kappa shape index (κ1) is 15.8. The number of hydrogen-bond acceptors (Lipinski definition) is 3.